The summed E-state index contributed by atoms with van der Waals surface area (Å²) < 4.78 is 88.8. The number of alkyl halides is 6. The number of hydrogen-bond donors (Lipinski definition) is 3. The molecule has 0 bridgehead atoms. The van der Waals surface area contributed by atoms with E-state index in [1.165, 1.54) is 4.90 Å². The Morgan fingerprint density at radius 2 is 1.48 bits per heavy atom. The number of nitrogens with zero attached hydrogens (tertiary/aromatic N) is 3. The lowest BCUT2D eigenvalue weighted by Gasteiger charge is -2.39. The molecule has 3 amide bonds. The summed E-state index contributed by atoms with van der Waals surface area (Å²) >= 11 is 0. The number of nitrogen functional groups attached to an aromatic ring is 1. The van der Waals surface area contributed by atoms with Gasteiger partial charge in [0.1, 0.15) is 0 Å². The SMILES string of the molecule is Nc1c(C(F)(F)F)cc(C[C@@H](OC(=O)N2CCC(N3CCc4ccccc4NC3=O)CC2)C(=O)CCC2CCN(C3CCNCC3)CC2)cc1C(F)(F)F. The normalized spacial score (nSPS) is 20.6. The van der Waals surface area contributed by atoms with Gasteiger partial charge in [0.25, 0.3) is 0 Å². The van der Waals surface area contributed by atoms with Gasteiger partial charge in [-0.3, -0.25) is 4.79 Å². The average molecular weight is 767 g/mol. The second kappa shape index (κ2) is 16.8. The number of benzene rings is 2. The van der Waals surface area contributed by atoms with Gasteiger partial charge in [-0.15, -0.1) is 0 Å². The van der Waals surface area contributed by atoms with Crippen LogP contribution in [-0.4, -0.2) is 96.6 Å². The molecule has 54 heavy (non-hydrogen) atoms. The molecule has 4 heterocycles. The number of rotatable bonds is 9. The minimum absolute atomic E-state index is 0.0439. The first-order chi connectivity index (χ1) is 25.7. The van der Waals surface area contributed by atoms with Gasteiger partial charge >= 0.3 is 24.5 Å². The second-order valence-corrected chi connectivity index (χ2v) is 14.9. The number of halogens is 6. The Hall–Kier alpha value is -4.05. The number of amides is 3. The summed E-state index contributed by atoms with van der Waals surface area (Å²) in [5, 5.41) is 6.30. The van der Waals surface area contributed by atoms with Gasteiger partial charge in [0, 0.05) is 50.2 Å². The van der Waals surface area contributed by atoms with Crippen molar-refractivity contribution in [3.8, 4) is 0 Å². The van der Waals surface area contributed by atoms with Crippen molar-refractivity contribution in [2.24, 2.45) is 5.92 Å². The Morgan fingerprint density at radius 3 is 2.11 bits per heavy atom. The van der Waals surface area contributed by atoms with Gasteiger partial charge in [0.15, 0.2) is 11.9 Å². The lowest BCUT2D eigenvalue weighted by atomic mass is 9.88. The number of ether oxygens (including phenoxy) is 1. The number of piperidine rings is 3. The molecule has 16 heteroatoms. The van der Waals surface area contributed by atoms with Gasteiger partial charge < -0.3 is 35.8 Å². The summed E-state index contributed by atoms with van der Waals surface area (Å²) in [4.78, 5) is 45.9. The van der Waals surface area contributed by atoms with E-state index in [2.05, 4.69) is 15.5 Å². The van der Waals surface area contributed by atoms with Crippen molar-refractivity contribution in [3.63, 3.8) is 0 Å². The summed E-state index contributed by atoms with van der Waals surface area (Å²) in [7, 11) is 0. The molecular weight excluding hydrogens is 718 g/mol. The first-order valence-electron chi connectivity index (χ1n) is 18.8. The number of Topliss-reactive ketones (excluding diaryl/α,β-unsaturated/α-hetero) is 1. The first kappa shape index (κ1) is 39.6. The number of carbonyl (C=O) groups excluding carboxylic acids is 3. The molecule has 0 radical (unpaired) electrons. The number of nitrogens with two attached hydrogens (primary N) is 1. The zero-order chi connectivity index (χ0) is 38.6. The maximum absolute atomic E-state index is 13.9. The second-order valence-electron chi connectivity index (χ2n) is 14.9. The van der Waals surface area contributed by atoms with Crippen LogP contribution < -0.4 is 16.4 Å². The van der Waals surface area contributed by atoms with Crippen molar-refractivity contribution < 1.29 is 45.5 Å². The number of carbonyl (C=O) groups is 3. The molecule has 1 atom stereocenters. The molecule has 0 saturated carbocycles. The highest BCUT2D eigenvalue weighted by atomic mass is 19.4. The van der Waals surface area contributed by atoms with E-state index in [4.69, 9.17) is 10.5 Å². The highest BCUT2D eigenvalue weighted by Gasteiger charge is 2.42. The first-order valence-corrected chi connectivity index (χ1v) is 18.8. The molecule has 10 nitrogen and oxygen atoms in total. The fourth-order valence-corrected chi connectivity index (χ4v) is 8.32. The molecule has 0 aliphatic carbocycles. The van der Waals surface area contributed by atoms with Crippen molar-refractivity contribution in [2.45, 2.75) is 94.7 Å². The van der Waals surface area contributed by atoms with Gasteiger partial charge in [-0.2, -0.15) is 26.3 Å². The number of likely N-dealkylation sites (tertiary alicyclic amines) is 2. The molecule has 0 unspecified atom stereocenters. The highest BCUT2D eigenvalue weighted by molar-refractivity contribution is 5.91. The largest absolute Gasteiger partial charge is 0.438 e. The molecule has 2 aromatic carbocycles. The summed E-state index contributed by atoms with van der Waals surface area (Å²) in [6.07, 6.45) is -7.83. The third-order valence-corrected chi connectivity index (χ3v) is 11.5. The van der Waals surface area contributed by atoms with Crippen molar-refractivity contribution in [3.05, 3.63) is 58.7 Å². The molecule has 6 rings (SSSR count). The maximum atomic E-state index is 13.9. The Morgan fingerprint density at radius 1 is 0.852 bits per heavy atom. The molecule has 0 spiro atoms. The lowest BCUT2D eigenvalue weighted by Crippen LogP contribution is -2.50. The van der Waals surface area contributed by atoms with Crippen LogP contribution in [0.4, 0.5) is 47.3 Å². The quantitative estimate of drug-likeness (QED) is 0.192. The summed E-state index contributed by atoms with van der Waals surface area (Å²) in [5.41, 5.74) is 1.83. The van der Waals surface area contributed by atoms with Crippen LogP contribution in [0.2, 0.25) is 0 Å². The van der Waals surface area contributed by atoms with Crippen LogP contribution in [0.1, 0.15) is 73.6 Å². The zero-order valence-electron chi connectivity index (χ0n) is 30.1. The number of para-hydroxylation sites is 1. The van der Waals surface area contributed by atoms with Crippen LogP contribution >= 0.6 is 0 Å². The highest BCUT2D eigenvalue weighted by Crippen LogP contribution is 2.42. The Kier molecular flexibility index (Phi) is 12.3. The summed E-state index contributed by atoms with van der Waals surface area (Å²) in [5.74, 6) is -0.366. The lowest BCUT2D eigenvalue weighted by molar-refractivity contribution is -0.141. The van der Waals surface area contributed by atoms with E-state index in [0.717, 1.165) is 63.1 Å². The molecule has 3 fully saturated rings. The maximum Gasteiger partial charge on any atom is 0.418 e. The van der Waals surface area contributed by atoms with Crippen molar-refractivity contribution in [1.29, 1.82) is 0 Å². The van der Waals surface area contributed by atoms with Gasteiger partial charge in [0.05, 0.1) is 16.8 Å². The molecule has 4 N–H and O–H groups in total. The van der Waals surface area contributed by atoms with Crippen LogP contribution in [0.3, 0.4) is 0 Å². The minimum Gasteiger partial charge on any atom is -0.438 e. The number of anilines is 2. The van der Waals surface area contributed by atoms with E-state index >= 15 is 0 Å². The predicted molar refractivity (Wildman–Crippen MR) is 190 cm³/mol. The number of nitrogens with one attached hydrogen (secondary N) is 2. The number of ketones is 1. The number of fused-ring (bicyclic) bond motifs is 1. The van der Waals surface area contributed by atoms with Crippen LogP contribution in [0.25, 0.3) is 0 Å². The fourth-order valence-electron chi connectivity index (χ4n) is 8.32. The molecule has 4 aliphatic rings. The molecule has 0 aromatic heterocycles. The number of urea groups is 1. The van der Waals surface area contributed by atoms with Crippen molar-refractivity contribution >= 4 is 29.3 Å². The Labute approximate surface area is 310 Å². The monoisotopic (exact) mass is 766 g/mol. The number of hydrogen-bond acceptors (Lipinski definition) is 7. The standard InChI is InChI=1S/C38H48F6N6O4/c39-37(40,41)29-21-25(22-30(34(29)45)38(42,43)44)23-33(32(51)6-5-24-9-16-48(17-10-24)27-7-14-46-15-8-27)54-36(53)49-18-12-28(13-19-49)50-20-11-26-3-1-2-4-31(26)47-35(50)52/h1-4,21-22,24,27-28,33,46H,5-20,23,45H2,(H,47,52)/t33-/m1/s1. The average Bonchev–Trinajstić information content (AvgIpc) is 3.31. The van der Waals surface area contributed by atoms with Crippen molar-refractivity contribution in [1.82, 2.24) is 20.0 Å². The van der Waals surface area contributed by atoms with Crippen LogP contribution in [0, 0.1) is 5.92 Å². The smallest absolute Gasteiger partial charge is 0.418 e. The van der Waals surface area contributed by atoms with Gasteiger partial charge in [-0.05, 0) is 113 Å². The Balaban J connectivity index is 1.12. The summed E-state index contributed by atoms with van der Waals surface area (Å²) in [6, 6.07) is 8.60. The third-order valence-electron chi connectivity index (χ3n) is 11.5. The van der Waals surface area contributed by atoms with E-state index in [-0.39, 0.29) is 37.5 Å². The van der Waals surface area contributed by atoms with Crippen LogP contribution in [0.15, 0.2) is 36.4 Å². The Bertz CT molecular complexity index is 1610. The molecule has 296 valence electrons. The van der Waals surface area contributed by atoms with E-state index in [9.17, 15) is 40.7 Å². The zero-order valence-corrected chi connectivity index (χ0v) is 30.1. The molecule has 3 saturated heterocycles. The summed E-state index contributed by atoms with van der Waals surface area (Å²) in [6.45, 7) is 4.55. The van der Waals surface area contributed by atoms with Gasteiger partial charge in [-0.25, -0.2) is 9.59 Å². The van der Waals surface area contributed by atoms with E-state index < -0.39 is 59.1 Å². The van der Waals surface area contributed by atoms with Gasteiger partial charge in [0.2, 0.25) is 0 Å². The van der Waals surface area contributed by atoms with Crippen LogP contribution in [-0.2, 0) is 34.7 Å². The molecular formula is C38H48F6N6O4. The molecule has 4 aliphatic heterocycles. The third kappa shape index (κ3) is 9.60. The van der Waals surface area contributed by atoms with E-state index in [0.29, 0.717) is 50.4 Å². The van der Waals surface area contributed by atoms with E-state index in [1.54, 1.807) is 4.90 Å². The predicted octanol–water partition coefficient (Wildman–Crippen LogP) is 6.72. The van der Waals surface area contributed by atoms with E-state index in [1.807, 2.05) is 24.3 Å². The van der Waals surface area contributed by atoms with Crippen LogP contribution in [0.5, 0.6) is 0 Å². The van der Waals surface area contributed by atoms with Crippen molar-refractivity contribution in [2.75, 3.05) is 56.9 Å². The topological polar surface area (TPSA) is 120 Å². The fraction of sp³-hybridized carbons (Fsp3) is 0.605. The van der Waals surface area contributed by atoms with Gasteiger partial charge in [-0.1, -0.05) is 18.2 Å². The molecule has 2 aromatic rings. The minimum atomic E-state index is -5.20.